The van der Waals surface area contributed by atoms with Gasteiger partial charge in [-0.3, -0.25) is 0 Å². The Morgan fingerprint density at radius 2 is 1.90 bits per heavy atom. The molecule has 1 aliphatic heterocycles. The minimum Gasteiger partial charge on any atom is -0.369 e. The van der Waals surface area contributed by atoms with Gasteiger partial charge in [0.1, 0.15) is 5.82 Å². The Kier molecular flexibility index (Phi) is 5.81. The first-order valence-corrected chi connectivity index (χ1v) is 10.2. The van der Waals surface area contributed by atoms with E-state index >= 15 is 0 Å². The summed E-state index contributed by atoms with van der Waals surface area (Å²) in [5, 5.41) is 4.11. The van der Waals surface area contributed by atoms with E-state index in [1.807, 2.05) is 48.2 Å². The van der Waals surface area contributed by atoms with Crippen molar-refractivity contribution in [1.29, 1.82) is 0 Å². The quantitative estimate of drug-likeness (QED) is 0.504. The number of nitrogens with zero attached hydrogens (tertiary/aromatic N) is 3. The molecular formula is C23H26FN5O. The van der Waals surface area contributed by atoms with Gasteiger partial charge in [0.15, 0.2) is 5.96 Å². The molecule has 30 heavy (non-hydrogen) atoms. The largest absolute Gasteiger partial charge is 0.369 e. The van der Waals surface area contributed by atoms with E-state index in [9.17, 15) is 4.39 Å². The highest BCUT2D eigenvalue weighted by Crippen LogP contribution is 2.30. The van der Waals surface area contributed by atoms with Gasteiger partial charge in [0.05, 0.1) is 5.69 Å². The van der Waals surface area contributed by atoms with E-state index < -0.39 is 0 Å². The average molecular weight is 407 g/mol. The number of hydrogen-bond donors (Lipinski definition) is 2. The van der Waals surface area contributed by atoms with Gasteiger partial charge in [-0.1, -0.05) is 54.5 Å². The molecule has 0 aliphatic carbocycles. The Labute approximate surface area is 175 Å². The van der Waals surface area contributed by atoms with Crippen LogP contribution in [0.5, 0.6) is 0 Å². The fourth-order valence-corrected chi connectivity index (χ4v) is 3.67. The molecule has 0 spiro atoms. The molecule has 1 unspecified atom stereocenters. The molecule has 0 amide bonds. The Bertz CT molecular complexity index is 1030. The number of nitrogens with two attached hydrogens (primary N) is 2. The standard InChI is InChI=1S/C23H26FN5O/c1-15(17-7-8-19(20(24)13-17)16-5-3-2-4-6-16)21-14-22(30-28-21)27-23(26)29-11-9-18(25)10-12-29/h2-8,13-15,18H,9-12,25H2,1H3,(H2,26,27). The molecule has 1 fully saturated rings. The molecule has 4 rings (SSSR count). The lowest BCUT2D eigenvalue weighted by molar-refractivity contribution is 0.310. The minimum atomic E-state index is -0.264. The first-order chi connectivity index (χ1) is 14.5. The number of halogens is 1. The van der Waals surface area contributed by atoms with Gasteiger partial charge in [-0.2, -0.15) is 4.99 Å². The zero-order chi connectivity index (χ0) is 21.1. The topological polar surface area (TPSA) is 93.7 Å². The molecule has 1 saturated heterocycles. The number of hydrogen-bond acceptors (Lipinski definition) is 4. The van der Waals surface area contributed by atoms with Crippen LogP contribution in [0.3, 0.4) is 0 Å². The van der Waals surface area contributed by atoms with Crippen LogP contribution in [0.2, 0.25) is 0 Å². The van der Waals surface area contributed by atoms with Gasteiger partial charge in [0, 0.05) is 36.7 Å². The van der Waals surface area contributed by atoms with Crippen LogP contribution in [-0.4, -0.2) is 35.1 Å². The molecule has 156 valence electrons. The number of benzene rings is 2. The van der Waals surface area contributed by atoms with Crippen molar-refractivity contribution >= 4 is 11.8 Å². The van der Waals surface area contributed by atoms with Crippen molar-refractivity contribution in [3.63, 3.8) is 0 Å². The lowest BCUT2D eigenvalue weighted by Crippen LogP contribution is -2.45. The van der Waals surface area contributed by atoms with Crippen LogP contribution in [0.4, 0.5) is 10.3 Å². The SMILES string of the molecule is CC(c1ccc(-c2ccccc2)c(F)c1)c1cc(/N=C(\N)N2CCC(N)CC2)on1. The first kappa shape index (κ1) is 20.1. The van der Waals surface area contributed by atoms with Crippen LogP contribution in [-0.2, 0) is 0 Å². The van der Waals surface area contributed by atoms with Crippen molar-refractivity contribution < 1.29 is 8.91 Å². The molecule has 1 aromatic heterocycles. The molecule has 2 heterocycles. The lowest BCUT2D eigenvalue weighted by Gasteiger charge is -2.30. The van der Waals surface area contributed by atoms with Crippen molar-refractivity contribution in [2.75, 3.05) is 13.1 Å². The number of likely N-dealkylation sites (tertiary alicyclic amines) is 1. The first-order valence-electron chi connectivity index (χ1n) is 10.2. The van der Waals surface area contributed by atoms with E-state index in [1.165, 1.54) is 0 Å². The fourth-order valence-electron chi connectivity index (χ4n) is 3.67. The summed E-state index contributed by atoms with van der Waals surface area (Å²) in [4.78, 5) is 6.34. The second-order valence-corrected chi connectivity index (χ2v) is 7.71. The van der Waals surface area contributed by atoms with Crippen LogP contribution in [0.15, 0.2) is 64.1 Å². The zero-order valence-electron chi connectivity index (χ0n) is 17.0. The van der Waals surface area contributed by atoms with Crippen molar-refractivity contribution in [3.05, 3.63) is 71.7 Å². The van der Waals surface area contributed by atoms with Gasteiger partial charge in [0.2, 0.25) is 0 Å². The number of rotatable bonds is 4. The van der Waals surface area contributed by atoms with E-state index in [-0.39, 0.29) is 17.8 Å². The number of piperidine rings is 1. The Hall–Kier alpha value is -3.19. The van der Waals surface area contributed by atoms with Crippen LogP contribution in [0, 0.1) is 5.82 Å². The van der Waals surface area contributed by atoms with Crippen LogP contribution < -0.4 is 11.5 Å². The molecule has 0 radical (unpaired) electrons. The minimum absolute atomic E-state index is 0.147. The van der Waals surface area contributed by atoms with Crippen molar-refractivity contribution in [3.8, 4) is 11.1 Å². The lowest BCUT2D eigenvalue weighted by atomic mass is 9.95. The molecule has 3 aromatic rings. The van der Waals surface area contributed by atoms with E-state index in [0.29, 0.717) is 23.1 Å². The predicted molar refractivity (Wildman–Crippen MR) is 116 cm³/mol. The highest BCUT2D eigenvalue weighted by molar-refractivity contribution is 5.80. The van der Waals surface area contributed by atoms with Crippen LogP contribution >= 0.6 is 0 Å². The monoisotopic (exact) mass is 407 g/mol. The maximum absolute atomic E-state index is 14.7. The zero-order valence-corrected chi connectivity index (χ0v) is 17.0. The second-order valence-electron chi connectivity index (χ2n) is 7.71. The molecule has 6 nitrogen and oxygen atoms in total. The molecule has 1 aliphatic rings. The summed E-state index contributed by atoms with van der Waals surface area (Å²) < 4.78 is 20.1. The third-order valence-electron chi connectivity index (χ3n) is 5.63. The molecule has 0 saturated carbocycles. The number of aliphatic imine (C=N–C) groups is 1. The number of aromatic nitrogens is 1. The molecular weight excluding hydrogens is 381 g/mol. The van der Waals surface area contributed by atoms with Crippen LogP contribution in [0.1, 0.15) is 36.9 Å². The van der Waals surface area contributed by atoms with E-state index in [4.69, 9.17) is 16.0 Å². The van der Waals surface area contributed by atoms with Gasteiger partial charge < -0.3 is 20.9 Å². The summed E-state index contributed by atoms with van der Waals surface area (Å²) in [6.07, 6.45) is 1.78. The smallest absolute Gasteiger partial charge is 0.253 e. The Balaban J connectivity index is 1.49. The van der Waals surface area contributed by atoms with Gasteiger partial charge in [-0.05, 0) is 30.0 Å². The normalized spacial score (nSPS) is 16.6. The van der Waals surface area contributed by atoms with E-state index in [2.05, 4.69) is 10.1 Å². The average Bonchev–Trinajstić information content (AvgIpc) is 3.22. The van der Waals surface area contributed by atoms with Gasteiger partial charge in [0.25, 0.3) is 5.88 Å². The molecule has 4 N–H and O–H groups in total. The summed E-state index contributed by atoms with van der Waals surface area (Å²) in [5.41, 5.74) is 15.0. The third-order valence-corrected chi connectivity index (χ3v) is 5.63. The van der Waals surface area contributed by atoms with E-state index in [1.54, 1.807) is 18.2 Å². The summed E-state index contributed by atoms with van der Waals surface area (Å²) in [7, 11) is 0. The third kappa shape index (κ3) is 4.36. The summed E-state index contributed by atoms with van der Waals surface area (Å²) in [6, 6.07) is 16.7. The van der Waals surface area contributed by atoms with Crippen molar-refractivity contribution in [1.82, 2.24) is 10.1 Å². The summed E-state index contributed by atoms with van der Waals surface area (Å²) in [5.74, 6) is 0.326. The van der Waals surface area contributed by atoms with E-state index in [0.717, 1.165) is 37.1 Å². The van der Waals surface area contributed by atoms with Gasteiger partial charge >= 0.3 is 0 Å². The van der Waals surface area contributed by atoms with Crippen molar-refractivity contribution in [2.45, 2.75) is 31.7 Å². The Morgan fingerprint density at radius 3 is 2.60 bits per heavy atom. The maximum atomic E-state index is 14.7. The Morgan fingerprint density at radius 1 is 1.17 bits per heavy atom. The predicted octanol–water partition coefficient (Wildman–Crippen LogP) is 4.00. The molecule has 0 bridgehead atoms. The summed E-state index contributed by atoms with van der Waals surface area (Å²) >= 11 is 0. The van der Waals surface area contributed by atoms with Gasteiger partial charge in [-0.15, -0.1) is 0 Å². The highest BCUT2D eigenvalue weighted by atomic mass is 19.1. The highest BCUT2D eigenvalue weighted by Gasteiger charge is 2.19. The molecule has 2 aromatic carbocycles. The van der Waals surface area contributed by atoms with Gasteiger partial charge in [-0.25, -0.2) is 4.39 Å². The van der Waals surface area contributed by atoms with Crippen LogP contribution in [0.25, 0.3) is 11.1 Å². The van der Waals surface area contributed by atoms with Crippen molar-refractivity contribution in [2.24, 2.45) is 16.5 Å². The molecule has 1 atom stereocenters. The maximum Gasteiger partial charge on any atom is 0.253 e. The fraction of sp³-hybridized carbons (Fsp3) is 0.304. The number of guanidine groups is 1. The summed E-state index contributed by atoms with van der Waals surface area (Å²) in [6.45, 7) is 3.51. The second kappa shape index (κ2) is 8.67. The molecule has 7 heteroatoms.